The Morgan fingerprint density at radius 2 is 2.14 bits per heavy atom. The van der Waals surface area contributed by atoms with Gasteiger partial charge in [-0.3, -0.25) is 4.99 Å². The zero-order valence-electron chi connectivity index (χ0n) is 12.8. The average molecular weight is 424 g/mol. The summed E-state index contributed by atoms with van der Waals surface area (Å²) in [5, 5.41) is 15.2. The Kier molecular flexibility index (Phi) is 9.05. The van der Waals surface area contributed by atoms with Crippen LogP contribution < -0.4 is 10.6 Å². The summed E-state index contributed by atoms with van der Waals surface area (Å²) in [6.45, 7) is 2.63. The van der Waals surface area contributed by atoms with Crippen molar-refractivity contribution in [3.05, 3.63) is 11.6 Å². The van der Waals surface area contributed by atoms with Crippen molar-refractivity contribution in [3.63, 3.8) is 0 Å². The van der Waals surface area contributed by atoms with E-state index in [4.69, 9.17) is 0 Å². The number of aromatic nitrogens is 3. The average Bonchev–Trinajstić information content (AvgIpc) is 2.70. The quantitative estimate of drug-likeness (QED) is 0.326. The van der Waals surface area contributed by atoms with Gasteiger partial charge < -0.3 is 15.2 Å². The fourth-order valence-corrected chi connectivity index (χ4v) is 2.64. The minimum Gasteiger partial charge on any atom is -0.356 e. The molecule has 0 aromatic carbocycles. The molecule has 0 saturated carbocycles. The summed E-state index contributed by atoms with van der Waals surface area (Å²) < 4.78 is 2.26. The number of guanidine groups is 1. The number of halogens is 1. The van der Waals surface area contributed by atoms with E-state index in [0.717, 1.165) is 42.9 Å². The lowest BCUT2D eigenvalue weighted by atomic mass is 10.2. The Labute approximate surface area is 148 Å². The van der Waals surface area contributed by atoms with Gasteiger partial charge in [-0.15, -0.1) is 34.2 Å². The second kappa shape index (κ2) is 10.3. The van der Waals surface area contributed by atoms with Crippen LogP contribution in [0.15, 0.2) is 4.99 Å². The van der Waals surface area contributed by atoms with E-state index in [9.17, 15) is 0 Å². The number of nitrogens with zero attached hydrogens (tertiary/aromatic N) is 4. The first-order chi connectivity index (χ1) is 9.85. The van der Waals surface area contributed by atoms with E-state index in [1.807, 2.05) is 11.8 Å². The molecule has 1 aliphatic rings. The summed E-state index contributed by atoms with van der Waals surface area (Å²) in [5.74, 6) is 4.03. The smallest absolute Gasteiger partial charge is 0.191 e. The molecule has 120 valence electrons. The fourth-order valence-electron chi connectivity index (χ4n) is 2.33. The van der Waals surface area contributed by atoms with Gasteiger partial charge in [0.25, 0.3) is 0 Å². The third-order valence-electron chi connectivity index (χ3n) is 3.42. The molecule has 2 rings (SSSR count). The van der Waals surface area contributed by atoms with E-state index in [1.54, 1.807) is 7.05 Å². The topological polar surface area (TPSA) is 67.1 Å². The van der Waals surface area contributed by atoms with Crippen LogP contribution in [0.25, 0.3) is 0 Å². The molecule has 1 aromatic rings. The number of nitrogens with one attached hydrogen (secondary N) is 2. The maximum absolute atomic E-state index is 4.31. The molecular formula is C13H25IN6S. The van der Waals surface area contributed by atoms with Crippen molar-refractivity contribution in [1.29, 1.82) is 0 Å². The highest BCUT2D eigenvalue weighted by molar-refractivity contribution is 14.0. The summed E-state index contributed by atoms with van der Waals surface area (Å²) in [6.07, 6.45) is 6.88. The largest absolute Gasteiger partial charge is 0.356 e. The number of thioether (sulfide) groups is 1. The monoisotopic (exact) mass is 424 g/mol. The van der Waals surface area contributed by atoms with Gasteiger partial charge in [0.2, 0.25) is 0 Å². The van der Waals surface area contributed by atoms with Crippen molar-refractivity contribution in [2.45, 2.75) is 38.8 Å². The van der Waals surface area contributed by atoms with Crippen LogP contribution in [0.5, 0.6) is 0 Å². The maximum atomic E-state index is 4.31. The van der Waals surface area contributed by atoms with Crippen LogP contribution in [0.1, 0.15) is 30.9 Å². The third kappa shape index (κ3) is 5.65. The summed E-state index contributed by atoms with van der Waals surface area (Å²) in [7, 11) is 1.79. The zero-order valence-corrected chi connectivity index (χ0v) is 15.9. The minimum absolute atomic E-state index is 0. The van der Waals surface area contributed by atoms with E-state index in [-0.39, 0.29) is 24.0 Å². The van der Waals surface area contributed by atoms with Crippen LogP contribution in [0.4, 0.5) is 0 Å². The fraction of sp³-hybridized carbons (Fsp3) is 0.769. The molecule has 0 aliphatic carbocycles. The number of fused-ring (bicyclic) bond motifs is 1. The molecule has 0 fully saturated rings. The number of hydrogen-bond donors (Lipinski definition) is 2. The first-order valence-corrected chi connectivity index (χ1v) is 8.59. The highest BCUT2D eigenvalue weighted by Crippen LogP contribution is 2.14. The van der Waals surface area contributed by atoms with Crippen molar-refractivity contribution in [1.82, 2.24) is 25.4 Å². The lowest BCUT2D eigenvalue weighted by Crippen LogP contribution is -2.38. The van der Waals surface area contributed by atoms with Crippen LogP contribution in [0.3, 0.4) is 0 Å². The van der Waals surface area contributed by atoms with Crippen LogP contribution in [0.2, 0.25) is 0 Å². The van der Waals surface area contributed by atoms with Gasteiger partial charge in [-0.05, 0) is 19.1 Å². The number of hydrogen-bond acceptors (Lipinski definition) is 4. The van der Waals surface area contributed by atoms with Crippen LogP contribution in [-0.4, -0.2) is 46.3 Å². The molecule has 6 nitrogen and oxygen atoms in total. The van der Waals surface area contributed by atoms with Crippen molar-refractivity contribution in [3.8, 4) is 0 Å². The molecule has 0 unspecified atom stereocenters. The Bertz CT molecular complexity index is 448. The van der Waals surface area contributed by atoms with Crippen molar-refractivity contribution in [2.75, 3.05) is 25.6 Å². The molecule has 2 N–H and O–H groups in total. The lowest BCUT2D eigenvalue weighted by molar-refractivity contribution is 0.597. The minimum atomic E-state index is 0. The molecule has 0 saturated heterocycles. The highest BCUT2D eigenvalue weighted by Gasteiger charge is 2.14. The van der Waals surface area contributed by atoms with Crippen molar-refractivity contribution in [2.24, 2.45) is 4.99 Å². The van der Waals surface area contributed by atoms with Gasteiger partial charge in [0.1, 0.15) is 5.82 Å². The summed E-state index contributed by atoms with van der Waals surface area (Å²) in [5.41, 5.74) is 0. The SMILES string of the molecule is CN=C(NCCSC)NCc1nnc2n1CCCCC2.I. The molecule has 2 heterocycles. The molecule has 0 radical (unpaired) electrons. The molecule has 0 amide bonds. The van der Waals surface area contributed by atoms with Gasteiger partial charge in [0.15, 0.2) is 11.8 Å². The molecule has 1 aromatic heterocycles. The summed E-state index contributed by atoms with van der Waals surface area (Å²) in [4.78, 5) is 4.22. The molecule has 8 heteroatoms. The second-order valence-electron chi connectivity index (χ2n) is 4.84. The van der Waals surface area contributed by atoms with Crippen molar-refractivity contribution < 1.29 is 0 Å². The Morgan fingerprint density at radius 1 is 1.29 bits per heavy atom. The number of rotatable bonds is 5. The van der Waals surface area contributed by atoms with E-state index in [2.05, 4.69) is 36.6 Å². The maximum Gasteiger partial charge on any atom is 0.191 e. The molecular weight excluding hydrogens is 399 g/mol. The number of aliphatic imine (C=N–C) groups is 1. The van der Waals surface area contributed by atoms with Gasteiger partial charge >= 0.3 is 0 Å². The third-order valence-corrected chi connectivity index (χ3v) is 4.03. The van der Waals surface area contributed by atoms with Gasteiger partial charge in [0, 0.05) is 32.3 Å². The van der Waals surface area contributed by atoms with Crippen LogP contribution in [0, 0.1) is 0 Å². The van der Waals surface area contributed by atoms with E-state index >= 15 is 0 Å². The standard InChI is InChI=1S/C13H24N6S.HI/c1-14-13(15-7-9-20-2)16-10-12-18-17-11-6-4-3-5-8-19(11)12;/h3-10H2,1-2H3,(H2,14,15,16);1H. The predicted molar refractivity (Wildman–Crippen MR) is 99.6 cm³/mol. The van der Waals surface area contributed by atoms with E-state index in [0.29, 0.717) is 6.54 Å². The molecule has 1 aliphatic heterocycles. The summed E-state index contributed by atoms with van der Waals surface area (Å²) >= 11 is 1.82. The summed E-state index contributed by atoms with van der Waals surface area (Å²) in [6, 6.07) is 0. The number of aryl methyl sites for hydroxylation is 1. The van der Waals surface area contributed by atoms with E-state index in [1.165, 1.54) is 19.3 Å². The zero-order chi connectivity index (χ0) is 14.2. The van der Waals surface area contributed by atoms with Crippen LogP contribution in [-0.2, 0) is 19.5 Å². The van der Waals surface area contributed by atoms with E-state index < -0.39 is 0 Å². The molecule has 0 bridgehead atoms. The van der Waals surface area contributed by atoms with Gasteiger partial charge in [-0.2, -0.15) is 11.8 Å². The van der Waals surface area contributed by atoms with Crippen molar-refractivity contribution >= 4 is 41.7 Å². The normalized spacial score (nSPS) is 14.9. The Balaban J connectivity index is 0.00000220. The highest BCUT2D eigenvalue weighted by atomic mass is 127. The first kappa shape index (κ1) is 18.5. The Morgan fingerprint density at radius 3 is 2.90 bits per heavy atom. The second-order valence-corrected chi connectivity index (χ2v) is 5.83. The first-order valence-electron chi connectivity index (χ1n) is 7.19. The Hall–Kier alpha value is -0.510. The molecule has 21 heavy (non-hydrogen) atoms. The van der Waals surface area contributed by atoms with Crippen LogP contribution >= 0.6 is 35.7 Å². The van der Waals surface area contributed by atoms with Gasteiger partial charge in [0.05, 0.1) is 6.54 Å². The molecule has 0 atom stereocenters. The molecule has 0 spiro atoms. The predicted octanol–water partition coefficient (Wildman–Crippen LogP) is 1.65. The lowest BCUT2D eigenvalue weighted by Gasteiger charge is -2.12. The van der Waals surface area contributed by atoms with Gasteiger partial charge in [-0.25, -0.2) is 0 Å². The van der Waals surface area contributed by atoms with Gasteiger partial charge in [-0.1, -0.05) is 6.42 Å².